The van der Waals surface area contributed by atoms with E-state index < -0.39 is 41.9 Å². The van der Waals surface area contributed by atoms with Gasteiger partial charge in [0.2, 0.25) is 0 Å². The van der Waals surface area contributed by atoms with Crippen molar-refractivity contribution in [3.05, 3.63) is 35.4 Å². The molecule has 0 saturated carbocycles. The number of halogens is 9. The second-order valence-electron chi connectivity index (χ2n) is 4.81. The lowest BCUT2D eigenvalue weighted by molar-refractivity contribution is -0.448. The number of aliphatic hydroxyl groups is 1. The lowest BCUT2D eigenvalue weighted by Gasteiger charge is -2.40. The van der Waals surface area contributed by atoms with Crippen LogP contribution in [0.2, 0.25) is 0 Å². The van der Waals surface area contributed by atoms with E-state index >= 15 is 0 Å². The van der Waals surface area contributed by atoms with Crippen molar-refractivity contribution >= 4 is 0 Å². The van der Waals surface area contributed by atoms with Crippen molar-refractivity contribution in [3.8, 4) is 0 Å². The third-order valence-electron chi connectivity index (χ3n) is 3.39. The van der Waals surface area contributed by atoms with Crippen LogP contribution in [0.3, 0.4) is 0 Å². The minimum absolute atomic E-state index is 0.249. The summed E-state index contributed by atoms with van der Waals surface area (Å²) >= 11 is 0. The molecule has 1 aliphatic rings. The zero-order chi connectivity index (χ0) is 17.9. The summed E-state index contributed by atoms with van der Waals surface area (Å²) in [5, 5.41) is 9.68. The van der Waals surface area contributed by atoms with Gasteiger partial charge in [0.15, 0.2) is 0 Å². The molecule has 0 amide bonds. The zero-order valence-corrected chi connectivity index (χ0v) is 10.8. The lowest BCUT2D eigenvalue weighted by atomic mass is 9.90. The largest absolute Gasteiger partial charge is 0.460 e. The van der Waals surface area contributed by atoms with Crippen LogP contribution in [0.15, 0.2) is 24.3 Å². The fraction of sp³-hybridized carbons (Fsp3) is 0.500. The average molecular weight is 354 g/mol. The predicted molar refractivity (Wildman–Crippen MR) is 56.0 cm³/mol. The maximum absolute atomic E-state index is 13.9. The normalized spacial score (nSPS) is 23.0. The van der Waals surface area contributed by atoms with Crippen molar-refractivity contribution in [1.82, 2.24) is 0 Å². The quantitative estimate of drug-likeness (QED) is 0.836. The SMILES string of the molecule is OC1(C(F)(F)C(F)(F)C(F)(F)C(F)(F)F)OCc2ccccc21. The summed E-state index contributed by atoms with van der Waals surface area (Å²) in [6.07, 6.45) is -6.96. The van der Waals surface area contributed by atoms with Gasteiger partial charge in [-0.1, -0.05) is 24.3 Å². The maximum atomic E-state index is 13.9. The molecule has 1 aromatic rings. The lowest BCUT2D eigenvalue weighted by Crippen LogP contribution is -2.67. The average Bonchev–Trinajstić information content (AvgIpc) is 2.77. The van der Waals surface area contributed by atoms with E-state index in [1.165, 1.54) is 6.07 Å². The number of benzene rings is 1. The molecule has 0 spiro atoms. The summed E-state index contributed by atoms with van der Waals surface area (Å²) in [4.78, 5) is 0. The van der Waals surface area contributed by atoms with Gasteiger partial charge in [-0.25, -0.2) is 0 Å². The van der Waals surface area contributed by atoms with E-state index in [4.69, 9.17) is 0 Å². The molecule has 0 fully saturated rings. The van der Waals surface area contributed by atoms with Crippen LogP contribution in [0.5, 0.6) is 0 Å². The molecule has 23 heavy (non-hydrogen) atoms. The summed E-state index contributed by atoms with van der Waals surface area (Å²) in [6, 6.07) is 3.96. The highest BCUT2D eigenvalue weighted by Gasteiger charge is 2.87. The van der Waals surface area contributed by atoms with Crippen LogP contribution in [0.1, 0.15) is 11.1 Å². The number of fused-ring (bicyclic) bond motifs is 1. The van der Waals surface area contributed by atoms with E-state index in [1.54, 1.807) is 0 Å². The van der Waals surface area contributed by atoms with Crippen molar-refractivity contribution in [1.29, 1.82) is 0 Å². The van der Waals surface area contributed by atoms with Crippen molar-refractivity contribution in [2.24, 2.45) is 0 Å². The molecular formula is C12H7F9O2. The molecule has 2 rings (SSSR count). The molecule has 1 heterocycles. The van der Waals surface area contributed by atoms with Crippen LogP contribution >= 0.6 is 0 Å². The van der Waals surface area contributed by atoms with Gasteiger partial charge in [-0.3, -0.25) is 0 Å². The highest BCUT2D eigenvalue weighted by atomic mass is 19.4. The van der Waals surface area contributed by atoms with Gasteiger partial charge in [0.1, 0.15) is 0 Å². The first-order chi connectivity index (χ1) is 10.2. The Balaban J connectivity index is 2.58. The molecule has 0 radical (unpaired) electrons. The van der Waals surface area contributed by atoms with E-state index in [0.717, 1.165) is 12.1 Å². The molecule has 11 heteroatoms. The van der Waals surface area contributed by atoms with Gasteiger partial charge in [-0.15, -0.1) is 0 Å². The molecule has 130 valence electrons. The molecule has 1 aliphatic heterocycles. The number of hydrogen-bond donors (Lipinski definition) is 1. The van der Waals surface area contributed by atoms with Crippen molar-refractivity contribution in [2.45, 2.75) is 36.3 Å². The molecule has 1 atom stereocenters. The van der Waals surface area contributed by atoms with Crippen LogP contribution in [0.25, 0.3) is 0 Å². The Bertz CT molecular complexity index is 611. The second kappa shape index (κ2) is 4.76. The van der Waals surface area contributed by atoms with E-state index in [2.05, 4.69) is 4.74 Å². The molecule has 2 nitrogen and oxygen atoms in total. The van der Waals surface area contributed by atoms with Crippen LogP contribution in [-0.2, 0) is 17.1 Å². The molecular weight excluding hydrogens is 347 g/mol. The van der Waals surface area contributed by atoms with Gasteiger partial charge < -0.3 is 9.84 Å². The van der Waals surface area contributed by atoms with Gasteiger partial charge >= 0.3 is 23.9 Å². The standard InChI is InChI=1S/C12H7F9O2/c13-9(14,10(15,16)11(17,18)12(19,20)21)8(22)7-4-2-1-3-6(7)5-23-8/h1-4,22H,5H2. The third kappa shape index (κ3) is 2.12. The second-order valence-corrected chi connectivity index (χ2v) is 4.81. The smallest absolute Gasteiger partial charge is 0.357 e. The predicted octanol–water partition coefficient (Wildman–Crippen LogP) is 3.83. The molecule has 1 aromatic carbocycles. The monoisotopic (exact) mass is 354 g/mol. The zero-order valence-electron chi connectivity index (χ0n) is 10.8. The molecule has 0 bridgehead atoms. The van der Waals surface area contributed by atoms with Crippen molar-refractivity contribution in [3.63, 3.8) is 0 Å². The molecule has 1 N–H and O–H groups in total. The Labute approximate surface area is 122 Å². The minimum Gasteiger partial charge on any atom is -0.357 e. The van der Waals surface area contributed by atoms with Gasteiger partial charge in [-0.2, -0.15) is 39.5 Å². The summed E-state index contributed by atoms with van der Waals surface area (Å²) in [5.41, 5.74) is -1.26. The highest BCUT2D eigenvalue weighted by Crippen LogP contribution is 2.59. The van der Waals surface area contributed by atoms with E-state index in [-0.39, 0.29) is 5.56 Å². The number of ether oxygens (including phenoxy) is 1. The Morgan fingerprint density at radius 1 is 0.870 bits per heavy atom. The number of alkyl halides is 9. The third-order valence-corrected chi connectivity index (χ3v) is 3.39. The first kappa shape index (κ1) is 17.9. The molecule has 0 aliphatic carbocycles. The topological polar surface area (TPSA) is 29.5 Å². The van der Waals surface area contributed by atoms with Gasteiger partial charge in [0, 0.05) is 5.56 Å². The van der Waals surface area contributed by atoms with Gasteiger partial charge in [-0.05, 0) is 5.56 Å². The summed E-state index contributed by atoms with van der Waals surface area (Å²) in [7, 11) is 0. The first-order valence-corrected chi connectivity index (χ1v) is 5.85. The molecule has 0 saturated heterocycles. The maximum Gasteiger partial charge on any atom is 0.460 e. The van der Waals surface area contributed by atoms with Gasteiger partial charge in [0.05, 0.1) is 6.61 Å². The Morgan fingerprint density at radius 3 is 1.91 bits per heavy atom. The van der Waals surface area contributed by atoms with E-state index in [1.807, 2.05) is 0 Å². The fourth-order valence-electron chi connectivity index (χ4n) is 2.08. The van der Waals surface area contributed by atoms with Crippen molar-refractivity contribution < 1.29 is 49.4 Å². The Hall–Kier alpha value is -1.49. The van der Waals surface area contributed by atoms with Crippen LogP contribution in [0, 0.1) is 0 Å². The molecule has 0 aromatic heterocycles. The van der Waals surface area contributed by atoms with Crippen LogP contribution < -0.4 is 0 Å². The summed E-state index contributed by atoms with van der Waals surface area (Å²) in [6.45, 7) is -0.865. The fourth-order valence-corrected chi connectivity index (χ4v) is 2.08. The van der Waals surface area contributed by atoms with Crippen LogP contribution in [0.4, 0.5) is 39.5 Å². The summed E-state index contributed by atoms with van der Waals surface area (Å²) < 4.78 is 121. The van der Waals surface area contributed by atoms with Crippen molar-refractivity contribution in [2.75, 3.05) is 0 Å². The van der Waals surface area contributed by atoms with E-state index in [9.17, 15) is 44.6 Å². The minimum atomic E-state index is -7.10. The number of hydrogen-bond acceptors (Lipinski definition) is 2. The highest BCUT2D eigenvalue weighted by molar-refractivity contribution is 5.36. The van der Waals surface area contributed by atoms with Crippen LogP contribution in [-0.4, -0.2) is 29.1 Å². The number of rotatable bonds is 3. The summed E-state index contributed by atoms with van der Waals surface area (Å²) in [5.74, 6) is -24.7. The Kier molecular flexibility index (Phi) is 3.69. The Morgan fingerprint density at radius 2 is 1.39 bits per heavy atom. The van der Waals surface area contributed by atoms with E-state index in [0.29, 0.717) is 6.07 Å². The molecule has 1 unspecified atom stereocenters. The van der Waals surface area contributed by atoms with Gasteiger partial charge in [0.25, 0.3) is 5.79 Å². The first-order valence-electron chi connectivity index (χ1n) is 5.85.